The molecule has 0 amide bonds. The van der Waals surface area contributed by atoms with Gasteiger partial charge in [0.15, 0.2) is 8.32 Å². The highest BCUT2D eigenvalue weighted by Gasteiger charge is 2.36. The van der Waals surface area contributed by atoms with Crippen molar-refractivity contribution in [1.82, 2.24) is 9.78 Å². The molecular formula is C14H28N2O2Si. The average Bonchev–Trinajstić information content (AvgIpc) is 2.62. The van der Waals surface area contributed by atoms with Crippen LogP contribution in [-0.2, 0) is 11.5 Å². The molecule has 1 aromatic rings. The zero-order valence-electron chi connectivity index (χ0n) is 13.4. The predicted octanol–water partition coefficient (Wildman–Crippen LogP) is 3.60. The Balaban J connectivity index is 2.36. The van der Waals surface area contributed by atoms with Crippen LogP contribution in [0.4, 0.5) is 0 Å². The van der Waals surface area contributed by atoms with Crippen molar-refractivity contribution >= 4 is 8.32 Å². The third-order valence-corrected chi connectivity index (χ3v) is 8.43. The zero-order valence-corrected chi connectivity index (χ0v) is 14.4. The molecule has 19 heavy (non-hydrogen) atoms. The molecule has 110 valence electrons. The smallest absolute Gasteiger partial charge is 0.211 e. The van der Waals surface area contributed by atoms with E-state index in [4.69, 9.17) is 9.16 Å². The van der Waals surface area contributed by atoms with Crippen LogP contribution in [0.5, 0.6) is 5.88 Å². The van der Waals surface area contributed by atoms with Gasteiger partial charge in [0.25, 0.3) is 0 Å². The summed E-state index contributed by atoms with van der Waals surface area (Å²) in [7, 11) is 0.248. The Hall–Kier alpha value is -0.813. The van der Waals surface area contributed by atoms with E-state index < -0.39 is 8.32 Å². The van der Waals surface area contributed by atoms with Gasteiger partial charge in [-0.1, -0.05) is 20.8 Å². The second kappa shape index (κ2) is 6.09. The third kappa shape index (κ3) is 4.65. The van der Waals surface area contributed by atoms with Crippen molar-refractivity contribution < 1.29 is 9.16 Å². The second-order valence-corrected chi connectivity index (χ2v) is 11.4. The number of aryl methyl sites for hydroxylation is 1. The maximum absolute atomic E-state index is 6.15. The largest absolute Gasteiger partial charge is 0.475 e. The molecule has 1 atom stereocenters. The summed E-state index contributed by atoms with van der Waals surface area (Å²) in [5.41, 5.74) is 0. The van der Waals surface area contributed by atoms with Gasteiger partial charge in [-0.15, -0.1) is 0 Å². The van der Waals surface area contributed by atoms with Gasteiger partial charge >= 0.3 is 0 Å². The minimum Gasteiger partial charge on any atom is -0.475 e. The topological polar surface area (TPSA) is 36.3 Å². The maximum atomic E-state index is 6.15. The lowest BCUT2D eigenvalue weighted by atomic mass is 10.2. The van der Waals surface area contributed by atoms with E-state index in [-0.39, 0.29) is 11.1 Å². The number of rotatable bonds is 6. The molecule has 1 rings (SSSR count). The summed E-state index contributed by atoms with van der Waals surface area (Å²) in [6, 6.07) is 1.88. The van der Waals surface area contributed by atoms with Gasteiger partial charge in [0.2, 0.25) is 5.88 Å². The van der Waals surface area contributed by atoms with E-state index in [1.165, 1.54) is 0 Å². The molecule has 0 unspecified atom stereocenters. The Labute approximate surface area is 118 Å². The molecule has 0 aliphatic heterocycles. The molecule has 0 N–H and O–H groups in total. The van der Waals surface area contributed by atoms with Gasteiger partial charge in [-0.2, -0.15) is 5.10 Å². The minimum atomic E-state index is -1.63. The van der Waals surface area contributed by atoms with E-state index in [2.05, 4.69) is 45.9 Å². The fraction of sp³-hybridized carbons (Fsp3) is 0.786. The monoisotopic (exact) mass is 284 g/mol. The van der Waals surface area contributed by atoms with Crippen LogP contribution in [0.25, 0.3) is 0 Å². The number of aromatic nitrogens is 2. The van der Waals surface area contributed by atoms with Crippen LogP contribution in [0.3, 0.4) is 0 Å². The van der Waals surface area contributed by atoms with Crippen molar-refractivity contribution in [3.63, 3.8) is 0 Å². The number of hydrogen-bond acceptors (Lipinski definition) is 3. The summed E-state index contributed by atoms with van der Waals surface area (Å²) < 4.78 is 13.7. The van der Waals surface area contributed by atoms with Crippen LogP contribution in [0, 0.1) is 0 Å². The fourth-order valence-corrected chi connectivity index (χ4v) is 2.50. The average molecular weight is 284 g/mol. The first-order valence-electron chi connectivity index (χ1n) is 6.92. The van der Waals surface area contributed by atoms with Crippen molar-refractivity contribution in [2.75, 3.05) is 6.61 Å². The molecule has 0 fully saturated rings. The molecule has 1 aromatic heterocycles. The molecular weight excluding hydrogens is 256 g/mol. The van der Waals surface area contributed by atoms with Crippen molar-refractivity contribution in [2.45, 2.75) is 58.4 Å². The molecule has 0 aliphatic carbocycles. The summed E-state index contributed by atoms with van der Waals surface area (Å²) in [6.07, 6.45) is 2.78. The summed E-state index contributed by atoms with van der Waals surface area (Å²) in [5.74, 6) is 0.805. The summed E-state index contributed by atoms with van der Waals surface area (Å²) in [5, 5.41) is 4.35. The third-order valence-electron chi connectivity index (χ3n) is 3.89. The number of hydrogen-bond donors (Lipinski definition) is 0. The van der Waals surface area contributed by atoms with Gasteiger partial charge in [0.05, 0.1) is 12.3 Å². The number of nitrogens with zero attached hydrogens (tertiary/aromatic N) is 2. The van der Waals surface area contributed by atoms with Gasteiger partial charge in [0, 0.05) is 26.1 Å². The molecule has 0 saturated carbocycles. The summed E-state index contributed by atoms with van der Waals surface area (Å²) in [4.78, 5) is 0. The lowest BCUT2D eigenvalue weighted by molar-refractivity contribution is 0.159. The number of ether oxygens (including phenoxy) is 1. The Bertz CT molecular complexity index is 396. The zero-order chi connectivity index (χ0) is 14.7. The van der Waals surface area contributed by atoms with Gasteiger partial charge in [-0.25, -0.2) is 4.68 Å². The molecule has 0 aromatic carbocycles. The van der Waals surface area contributed by atoms with E-state index in [0.29, 0.717) is 0 Å². The highest BCUT2D eigenvalue weighted by atomic mass is 28.4. The van der Waals surface area contributed by atoms with E-state index in [9.17, 15) is 0 Å². The highest BCUT2D eigenvalue weighted by molar-refractivity contribution is 6.74. The van der Waals surface area contributed by atoms with Gasteiger partial charge < -0.3 is 9.16 Å². The molecule has 0 spiro atoms. The predicted molar refractivity (Wildman–Crippen MR) is 81.1 cm³/mol. The Morgan fingerprint density at radius 1 is 1.37 bits per heavy atom. The van der Waals surface area contributed by atoms with Crippen LogP contribution in [0.1, 0.15) is 34.1 Å². The first-order valence-corrected chi connectivity index (χ1v) is 9.83. The van der Waals surface area contributed by atoms with Crippen LogP contribution < -0.4 is 4.74 Å². The molecule has 1 heterocycles. The first-order chi connectivity index (χ1) is 8.63. The minimum absolute atomic E-state index is 0.139. The van der Waals surface area contributed by atoms with Crippen molar-refractivity contribution in [3.8, 4) is 5.88 Å². The van der Waals surface area contributed by atoms with Crippen LogP contribution in [0.15, 0.2) is 12.3 Å². The van der Waals surface area contributed by atoms with Crippen LogP contribution in [-0.4, -0.2) is 30.8 Å². The standard InChI is InChI=1S/C14H28N2O2Si/c1-12(18-13-8-10-15-16(13)5)9-11-17-19(6,7)14(2,3)4/h8,10,12H,9,11H2,1-7H3/t12-/m0/s1. The molecule has 0 bridgehead atoms. The first kappa shape index (κ1) is 16.2. The summed E-state index contributed by atoms with van der Waals surface area (Å²) in [6.45, 7) is 14.2. The van der Waals surface area contributed by atoms with Crippen molar-refractivity contribution in [1.29, 1.82) is 0 Å². The van der Waals surface area contributed by atoms with Crippen LogP contribution >= 0.6 is 0 Å². The Morgan fingerprint density at radius 2 is 2.00 bits per heavy atom. The highest BCUT2D eigenvalue weighted by Crippen LogP contribution is 2.36. The SMILES string of the molecule is C[C@@H](CCO[Si](C)(C)C(C)(C)C)Oc1ccnn1C. The van der Waals surface area contributed by atoms with E-state index in [1.807, 2.05) is 13.1 Å². The summed E-state index contributed by atoms with van der Waals surface area (Å²) >= 11 is 0. The quantitative estimate of drug-likeness (QED) is 0.749. The molecule has 0 saturated heterocycles. The maximum Gasteiger partial charge on any atom is 0.211 e. The van der Waals surface area contributed by atoms with E-state index >= 15 is 0 Å². The van der Waals surface area contributed by atoms with Crippen molar-refractivity contribution in [2.24, 2.45) is 7.05 Å². The van der Waals surface area contributed by atoms with E-state index in [0.717, 1.165) is 18.9 Å². The lowest BCUT2D eigenvalue weighted by Crippen LogP contribution is -2.41. The van der Waals surface area contributed by atoms with E-state index in [1.54, 1.807) is 10.9 Å². The molecule has 4 nitrogen and oxygen atoms in total. The fourth-order valence-electron chi connectivity index (χ4n) is 1.44. The normalized spacial score (nSPS) is 14.5. The Morgan fingerprint density at radius 3 is 2.47 bits per heavy atom. The lowest BCUT2D eigenvalue weighted by Gasteiger charge is -2.36. The second-order valence-electron chi connectivity index (χ2n) is 6.62. The van der Waals surface area contributed by atoms with Gasteiger partial charge in [0.1, 0.15) is 0 Å². The van der Waals surface area contributed by atoms with Crippen LogP contribution in [0.2, 0.25) is 18.1 Å². The van der Waals surface area contributed by atoms with Gasteiger partial charge in [-0.3, -0.25) is 0 Å². The van der Waals surface area contributed by atoms with Gasteiger partial charge in [-0.05, 0) is 25.1 Å². The molecule has 5 heteroatoms. The van der Waals surface area contributed by atoms with Crippen molar-refractivity contribution in [3.05, 3.63) is 12.3 Å². The Kier molecular flexibility index (Phi) is 5.21. The molecule has 0 aliphatic rings. The molecule has 0 radical (unpaired) electrons.